The molecule has 19 heavy (non-hydrogen) atoms. The van der Waals surface area contributed by atoms with E-state index in [1.807, 2.05) is 6.92 Å². The summed E-state index contributed by atoms with van der Waals surface area (Å²) in [5, 5.41) is 0. The molecule has 2 aromatic heterocycles. The Morgan fingerprint density at radius 2 is 2.00 bits per heavy atom. The number of hydrogen-bond acceptors (Lipinski definition) is 4. The molecule has 0 atom stereocenters. The van der Waals surface area contributed by atoms with Gasteiger partial charge in [0.15, 0.2) is 0 Å². The first-order valence-corrected chi connectivity index (χ1v) is 6.35. The van der Waals surface area contributed by atoms with E-state index in [0.717, 1.165) is 14.9 Å². The Balaban J connectivity index is 2.11. The number of fused-ring (bicyclic) bond motifs is 1. The summed E-state index contributed by atoms with van der Waals surface area (Å²) < 4.78 is 0.825. The average Bonchev–Trinajstić information content (AvgIpc) is 2.66. The summed E-state index contributed by atoms with van der Waals surface area (Å²) in [6.07, 6.45) is 3.06. The van der Waals surface area contributed by atoms with Crippen LogP contribution in [0, 0.1) is 6.92 Å². The molecule has 0 aliphatic carbocycles. The van der Waals surface area contributed by atoms with E-state index in [4.69, 9.17) is 0 Å². The van der Waals surface area contributed by atoms with Crippen molar-refractivity contribution in [2.45, 2.75) is 6.92 Å². The first-order valence-electron chi connectivity index (χ1n) is 5.55. The number of amides is 2. The summed E-state index contributed by atoms with van der Waals surface area (Å²) in [6.45, 7) is 1.87. The monoisotopic (exact) mass is 317 g/mol. The average molecular weight is 318 g/mol. The maximum Gasteiger partial charge on any atom is 0.285 e. The first-order chi connectivity index (χ1) is 9.09. The maximum absolute atomic E-state index is 12.2. The lowest BCUT2D eigenvalue weighted by molar-refractivity contribution is 0.0923. The highest BCUT2D eigenvalue weighted by atomic mass is 79.9. The Hall–Kier alpha value is -2.08. The number of nitrogens with zero attached hydrogens (tertiary/aromatic N) is 3. The molecule has 1 aliphatic heterocycles. The maximum atomic E-state index is 12.2. The molecular weight excluding hydrogens is 310 g/mol. The van der Waals surface area contributed by atoms with E-state index < -0.39 is 5.91 Å². The number of aryl methyl sites for hydroxylation is 1. The Kier molecular flexibility index (Phi) is 2.67. The number of pyridine rings is 2. The van der Waals surface area contributed by atoms with Gasteiger partial charge in [0, 0.05) is 16.9 Å². The molecule has 0 radical (unpaired) electrons. The largest absolute Gasteiger partial charge is 0.285 e. The van der Waals surface area contributed by atoms with Crippen LogP contribution in [0.1, 0.15) is 26.4 Å². The second kappa shape index (κ2) is 4.24. The van der Waals surface area contributed by atoms with Crippen LogP contribution in [-0.2, 0) is 0 Å². The predicted octanol–water partition coefficient (Wildman–Crippen LogP) is 2.35. The zero-order valence-electron chi connectivity index (χ0n) is 9.92. The normalized spacial score (nSPS) is 13.9. The van der Waals surface area contributed by atoms with Gasteiger partial charge in [0.05, 0.1) is 5.56 Å². The number of aromatic nitrogens is 2. The molecule has 0 saturated heterocycles. The minimum Gasteiger partial charge on any atom is -0.268 e. The van der Waals surface area contributed by atoms with Crippen LogP contribution in [0.5, 0.6) is 0 Å². The molecule has 0 unspecified atom stereocenters. The van der Waals surface area contributed by atoms with Crippen molar-refractivity contribution < 1.29 is 9.59 Å². The second-order valence-corrected chi connectivity index (χ2v) is 4.99. The van der Waals surface area contributed by atoms with Crippen molar-refractivity contribution >= 4 is 33.6 Å². The number of anilines is 1. The molecule has 2 amide bonds. The summed E-state index contributed by atoms with van der Waals surface area (Å²) >= 11 is 3.33. The molecule has 6 heteroatoms. The van der Waals surface area contributed by atoms with Gasteiger partial charge < -0.3 is 0 Å². The second-order valence-electron chi connectivity index (χ2n) is 4.14. The van der Waals surface area contributed by atoms with Crippen molar-refractivity contribution in [3.8, 4) is 0 Å². The van der Waals surface area contributed by atoms with Crippen LogP contribution in [-0.4, -0.2) is 21.8 Å². The van der Waals surface area contributed by atoms with Gasteiger partial charge in [-0.2, -0.15) is 0 Å². The van der Waals surface area contributed by atoms with Crippen molar-refractivity contribution in [2.75, 3.05) is 4.90 Å². The third-order valence-electron chi connectivity index (χ3n) is 2.91. The van der Waals surface area contributed by atoms with E-state index in [0.29, 0.717) is 11.4 Å². The van der Waals surface area contributed by atoms with Crippen LogP contribution in [0.15, 0.2) is 35.1 Å². The van der Waals surface area contributed by atoms with Gasteiger partial charge in [-0.1, -0.05) is 0 Å². The van der Waals surface area contributed by atoms with Gasteiger partial charge >= 0.3 is 0 Å². The topological polar surface area (TPSA) is 63.2 Å². The van der Waals surface area contributed by atoms with Gasteiger partial charge in [0.2, 0.25) is 0 Å². The molecular formula is C13H8BrN3O2. The molecule has 5 nitrogen and oxygen atoms in total. The van der Waals surface area contributed by atoms with Gasteiger partial charge in [-0.25, -0.2) is 9.88 Å². The van der Waals surface area contributed by atoms with E-state index >= 15 is 0 Å². The molecule has 0 bridgehead atoms. The minimum absolute atomic E-state index is 0.176. The third kappa shape index (κ3) is 1.76. The van der Waals surface area contributed by atoms with Crippen LogP contribution in [0.25, 0.3) is 0 Å². The van der Waals surface area contributed by atoms with E-state index in [1.165, 1.54) is 6.20 Å². The smallest absolute Gasteiger partial charge is 0.268 e. The van der Waals surface area contributed by atoms with Crippen molar-refractivity contribution in [2.24, 2.45) is 0 Å². The van der Waals surface area contributed by atoms with E-state index in [2.05, 4.69) is 25.9 Å². The Morgan fingerprint density at radius 1 is 1.21 bits per heavy atom. The minimum atomic E-state index is -0.435. The van der Waals surface area contributed by atoms with Crippen LogP contribution in [0.3, 0.4) is 0 Å². The fraction of sp³-hybridized carbons (Fsp3) is 0.0769. The number of carbonyl (C=O) groups is 2. The summed E-state index contributed by atoms with van der Waals surface area (Å²) in [6, 6.07) is 4.91. The number of hydrogen-bond donors (Lipinski definition) is 0. The highest BCUT2D eigenvalue weighted by Gasteiger charge is 2.38. The van der Waals surface area contributed by atoms with E-state index in [1.54, 1.807) is 24.4 Å². The quantitative estimate of drug-likeness (QED) is 0.757. The molecule has 0 saturated carbocycles. The summed E-state index contributed by atoms with van der Waals surface area (Å²) in [5.41, 5.74) is 1.39. The molecule has 3 rings (SSSR count). The first kappa shape index (κ1) is 12.0. The Bertz CT molecular complexity index is 680. The molecule has 0 aromatic carbocycles. The standard InChI is InChI=1S/C13H8BrN3O2/c1-7-5-10(16-6-9(7)14)17-12(18)8-3-2-4-15-11(8)13(17)19/h2-6H,1H3. The zero-order chi connectivity index (χ0) is 13.6. The third-order valence-corrected chi connectivity index (χ3v) is 3.74. The van der Waals surface area contributed by atoms with Crippen molar-refractivity contribution in [1.82, 2.24) is 9.97 Å². The fourth-order valence-corrected chi connectivity index (χ4v) is 2.14. The highest BCUT2D eigenvalue weighted by molar-refractivity contribution is 9.10. The molecule has 0 N–H and O–H groups in total. The lowest BCUT2D eigenvalue weighted by Crippen LogP contribution is -2.30. The SMILES string of the molecule is Cc1cc(N2C(=O)c3cccnc3C2=O)ncc1Br. The lowest BCUT2D eigenvalue weighted by Gasteiger charge is -2.13. The van der Waals surface area contributed by atoms with Gasteiger partial charge in [-0.3, -0.25) is 14.6 Å². The molecule has 0 spiro atoms. The number of rotatable bonds is 1. The Labute approximate surface area is 117 Å². The lowest BCUT2D eigenvalue weighted by atomic mass is 10.2. The zero-order valence-corrected chi connectivity index (χ0v) is 11.5. The van der Waals surface area contributed by atoms with Crippen molar-refractivity contribution in [1.29, 1.82) is 0 Å². The number of halogens is 1. The Morgan fingerprint density at radius 3 is 2.68 bits per heavy atom. The van der Waals surface area contributed by atoms with Gasteiger partial charge in [-0.15, -0.1) is 0 Å². The fourth-order valence-electron chi connectivity index (χ4n) is 1.92. The van der Waals surface area contributed by atoms with Crippen LogP contribution in [0.2, 0.25) is 0 Å². The van der Waals surface area contributed by atoms with Crippen molar-refractivity contribution in [3.05, 3.63) is 51.9 Å². The van der Waals surface area contributed by atoms with Crippen LogP contribution >= 0.6 is 15.9 Å². The van der Waals surface area contributed by atoms with Gasteiger partial charge in [0.25, 0.3) is 11.8 Å². The van der Waals surface area contributed by atoms with Crippen LogP contribution in [0.4, 0.5) is 5.82 Å². The summed E-state index contributed by atoms with van der Waals surface area (Å²) in [7, 11) is 0. The molecule has 3 heterocycles. The number of carbonyl (C=O) groups excluding carboxylic acids is 2. The van der Waals surface area contributed by atoms with E-state index in [9.17, 15) is 9.59 Å². The molecule has 94 valence electrons. The summed E-state index contributed by atoms with van der Waals surface area (Å²) in [4.78, 5) is 33.5. The molecule has 0 fully saturated rings. The number of imide groups is 1. The van der Waals surface area contributed by atoms with Crippen molar-refractivity contribution in [3.63, 3.8) is 0 Å². The van der Waals surface area contributed by atoms with Crippen LogP contribution < -0.4 is 4.90 Å². The van der Waals surface area contributed by atoms with E-state index in [-0.39, 0.29) is 11.6 Å². The molecule has 2 aromatic rings. The molecule has 1 aliphatic rings. The predicted molar refractivity (Wildman–Crippen MR) is 72.1 cm³/mol. The van der Waals surface area contributed by atoms with Gasteiger partial charge in [-0.05, 0) is 46.6 Å². The summed E-state index contributed by atoms with van der Waals surface area (Å²) in [5.74, 6) is -0.508. The van der Waals surface area contributed by atoms with Gasteiger partial charge in [0.1, 0.15) is 11.5 Å². The highest BCUT2D eigenvalue weighted by Crippen LogP contribution is 2.27.